The summed E-state index contributed by atoms with van der Waals surface area (Å²) in [7, 11) is 0. The van der Waals surface area contributed by atoms with E-state index in [4.69, 9.17) is 21.4 Å². The van der Waals surface area contributed by atoms with Crippen LogP contribution in [-0.4, -0.2) is 35.3 Å². The lowest BCUT2D eigenvalue weighted by Gasteiger charge is -2.28. The quantitative estimate of drug-likeness (QED) is 0.870. The predicted octanol–water partition coefficient (Wildman–Crippen LogP) is 2.24. The number of carbonyl (C=O) groups is 2. The zero-order valence-corrected chi connectivity index (χ0v) is 11.5. The van der Waals surface area contributed by atoms with Gasteiger partial charge in [-0.25, -0.2) is 4.79 Å². The summed E-state index contributed by atoms with van der Waals surface area (Å²) in [5.41, 5.74) is -3.38. The second kappa shape index (κ2) is 6.21. The number of amides is 1. The van der Waals surface area contributed by atoms with E-state index in [1.54, 1.807) is 0 Å². The first-order valence-electron chi connectivity index (χ1n) is 5.56. The second-order valence-electron chi connectivity index (χ2n) is 4.22. The van der Waals surface area contributed by atoms with Gasteiger partial charge in [0.1, 0.15) is 5.75 Å². The number of rotatable bonds is 5. The average Bonchev–Trinajstić information content (AvgIpc) is 2.36. The summed E-state index contributed by atoms with van der Waals surface area (Å²) in [5.74, 6) is -3.22. The number of carboxylic acid groups (broad SMARTS) is 1. The average molecular weight is 326 g/mol. The fourth-order valence-corrected chi connectivity index (χ4v) is 1.37. The molecule has 1 rings (SSSR count). The third-order valence-corrected chi connectivity index (χ3v) is 2.82. The van der Waals surface area contributed by atoms with Crippen molar-refractivity contribution in [3.05, 3.63) is 29.3 Å². The van der Waals surface area contributed by atoms with Crippen LogP contribution in [0, 0.1) is 0 Å². The molecule has 0 saturated carbocycles. The molecule has 0 aliphatic carbocycles. The molecule has 0 spiro atoms. The maximum Gasteiger partial charge on any atom is 0.422 e. The van der Waals surface area contributed by atoms with Gasteiger partial charge in [0.25, 0.3) is 5.91 Å². The van der Waals surface area contributed by atoms with Crippen molar-refractivity contribution in [1.29, 1.82) is 0 Å². The van der Waals surface area contributed by atoms with E-state index in [-0.39, 0.29) is 5.75 Å². The van der Waals surface area contributed by atoms with Crippen LogP contribution in [0.3, 0.4) is 0 Å². The highest BCUT2D eigenvalue weighted by molar-refractivity contribution is 6.30. The van der Waals surface area contributed by atoms with Crippen LogP contribution in [0.5, 0.6) is 5.75 Å². The van der Waals surface area contributed by atoms with Crippen molar-refractivity contribution in [1.82, 2.24) is 5.32 Å². The van der Waals surface area contributed by atoms with Crippen LogP contribution < -0.4 is 10.1 Å². The van der Waals surface area contributed by atoms with Gasteiger partial charge in [0, 0.05) is 5.02 Å². The van der Waals surface area contributed by atoms with E-state index < -0.39 is 30.2 Å². The number of carbonyl (C=O) groups excluding carboxylic acids is 1. The summed E-state index contributed by atoms with van der Waals surface area (Å²) in [5, 5.41) is 10.5. The first-order chi connectivity index (χ1) is 9.56. The Bertz CT molecular complexity index is 532. The second-order valence-corrected chi connectivity index (χ2v) is 4.66. The van der Waals surface area contributed by atoms with E-state index in [9.17, 15) is 22.8 Å². The fourth-order valence-electron chi connectivity index (χ4n) is 1.24. The Kier molecular flexibility index (Phi) is 5.06. The van der Waals surface area contributed by atoms with E-state index >= 15 is 0 Å². The number of halogens is 4. The number of hydrogen-bond acceptors (Lipinski definition) is 3. The van der Waals surface area contributed by atoms with Crippen LogP contribution in [0.15, 0.2) is 24.3 Å². The van der Waals surface area contributed by atoms with Gasteiger partial charge in [-0.1, -0.05) is 11.6 Å². The number of benzene rings is 1. The van der Waals surface area contributed by atoms with Crippen molar-refractivity contribution < 1.29 is 32.6 Å². The molecule has 2 N–H and O–H groups in total. The number of carboxylic acids is 1. The highest BCUT2D eigenvalue weighted by Gasteiger charge is 2.58. The minimum absolute atomic E-state index is 0.207. The van der Waals surface area contributed by atoms with Gasteiger partial charge in [-0.15, -0.1) is 0 Å². The van der Waals surface area contributed by atoms with Gasteiger partial charge in [-0.2, -0.15) is 13.2 Å². The number of hydrogen-bond donors (Lipinski definition) is 2. The van der Waals surface area contributed by atoms with Gasteiger partial charge in [0.05, 0.1) is 0 Å². The molecule has 1 atom stereocenters. The van der Waals surface area contributed by atoms with Crippen molar-refractivity contribution in [2.75, 3.05) is 6.61 Å². The molecule has 116 valence electrons. The van der Waals surface area contributed by atoms with Crippen LogP contribution in [0.25, 0.3) is 0 Å². The molecule has 0 heterocycles. The molecule has 0 fully saturated rings. The smallest absolute Gasteiger partial charge is 0.422 e. The molecule has 1 unspecified atom stereocenters. The summed E-state index contributed by atoms with van der Waals surface area (Å²) in [6, 6.07) is 5.75. The van der Waals surface area contributed by atoms with Crippen LogP contribution in [0.1, 0.15) is 6.92 Å². The Balaban J connectivity index is 2.67. The first kappa shape index (κ1) is 17.1. The Morgan fingerprint density at radius 3 is 2.24 bits per heavy atom. The molecule has 0 aliphatic rings. The molecular weight excluding hydrogens is 315 g/mol. The van der Waals surface area contributed by atoms with Gasteiger partial charge in [-0.3, -0.25) is 4.79 Å². The normalized spacial score (nSPS) is 14.1. The SMILES string of the molecule is CC(NC(=O)COc1ccc(Cl)cc1)(C(=O)O)C(F)(F)F. The molecule has 0 saturated heterocycles. The van der Waals surface area contributed by atoms with Crippen LogP contribution >= 0.6 is 11.6 Å². The zero-order chi connectivity index (χ0) is 16.3. The number of aliphatic carboxylic acids is 1. The number of nitrogens with one attached hydrogen (secondary N) is 1. The van der Waals surface area contributed by atoms with Crippen LogP contribution in [0.2, 0.25) is 5.02 Å². The van der Waals surface area contributed by atoms with E-state index in [0.717, 1.165) is 0 Å². The topological polar surface area (TPSA) is 75.6 Å². The van der Waals surface area contributed by atoms with E-state index in [1.807, 2.05) is 0 Å². The third-order valence-electron chi connectivity index (χ3n) is 2.57. The molecule has 0 radical (unpaired) electrons. The molecule has 1 amide bonds. The Morgan fingerprint density at radius 1 is 1.29 bits per heavy atom. The van der Waals surface area contributed by atoms with E-state index in [2.05, 4.69) is 0 Å². The fraction of sp³-hybridized carbons (Fsp3) is 0.333. The molecule has 9 heteroatoms. The maximum atomic E-state index is 12.7. The summed E-state index contributed by atoms with van der Waals surface area (Å²) in [6.07, 6.45) is -5.14. The van der Waals surface area contributed by atoms with E-state index in [1.165, 1.54) is 29.6 Å². The standard InChI is InChI=1S/C12H11ClF3NO4/c1-11(10(19)20,12(14,15)16)17-9(18)6-21-8-4-2-7(13)3-5-8/h2-5H,6H2,1H3,(H,17,18)(H,19,20). The minimum atomic E-state index is -5.14. The van der Waals surface area contributed by atoms with Crippen molar-refractivity contribution in [2.45, 2.75) is 18.6 Å². The van der Waals surface area contributed by atoms with E-state index in [0.29, 0.717) is 11.9 Å². The van der Waals surface area contributed by atoms with Gasteiger partial charge in [0.15, 0.2) is 6.61 Å². The van der Waals surface area contributed by atoms with Gasteiger partial charge >= 0.3 is 12.1 Å². The third kappa shape index (κ3) is 4.25. The maximum absolute atomic E-state index is 12.7. The highest BCUT2D eigenvalue weighted by Crippen LogP contribution is 2.30. The Morgan fingerprint density at radius 2 is 1.81 bits per heavy atom. The monoisotopic (exact) mass is 325 g/mol. The molecule has 1 aromatic carbocycles. The van der Waals surface area contributed by atoms with Gasteiger partial charge < -0.3 is 15.2 Å². The molecule has 5 nitrogen and oxygen atoms in total. The van der Waals surface area contributed by atoms with Crippen molar-refractivity contribution >= 4 is 23.5 Å². The van der Waals surface area contributed by atoms with Crippen molar-refractivity contribution in [3.8, 4) is 5.75 Å². The molecule has 0 aromatic heterocycles. The molecule has 0 bridgehead atoms. The summed E-state index contributed by atoms with van der Waals surface area (Å²) < 4.78 is 42.9. The minimum Gasteiger partial charge on any atom is -0.484 e. The Labute approximate surface area is 122 Å². The first-order valence-corrected chi connectivity index (χ1v) is 5.93. The number of alkyl halides is 3. The van der Waals surface area contributed by atoms with Gasteiger partial charge in [-0.05, 0) is 31.2 Å². The van der Waals surface area contributed by atoms with Crippen LogP contribution in [0.4, 0.5) is 13.2 Å². The molecular formula is C12H11ClF3NO4. The lowest BCUT2D eigenvalue weighted by Crippen LogP contribution is -2.62. The van der Waals surface area contributed by atoms with Gasteiger partial charge in [0.2, 0.25) is 5.54 Å². The van der Waals surface area contributed by atoms with Crippen molar-refractivity contribution in [3.63, 3.8) is 0 Å². The molecule has 21 heavy (non-hydrogen) atoms. The molecule has 1 aromatic rings. The molecule has 0 aliphatic heterocycles. The zero-order valence-electron chi connectivity index (χ0n) is 10.7. The van der Waals surface area contributed by atoms with Crippen LogP contribution in [-0.2, 0) is 9.59 Å². The summed E-state index contributed by atoms with van der Waals surface area (Å²) in [4.78, 5) is 22.1. The van der Waals surface area contributed by atoms with Crippen molar-refractivity contribution in [2.24, 2.45) is 0 Å². The highest BCUT2D eigenvalue weighted by atomic mass is 35.5. The lowest BCUT2D eigenvalue weighted by atomic mass is 10.0. The summed E-state index contributed by atoms with van der Waals surface area (Å²) in [6.45, 7) is -0.407. The Hall–Kier alpha value is -1.96. The largest absolute Gasteiger partial charge is 0.484 e. The lowest BCUT2D eigenvalue weighted by molar-refractivity contribution is -0.207. The predicted molar refractivity (Wildman–Crippen MR) is 67.2 cm³/mol. The number of ether oxygens (including phenoxy) is 1. The summed E-state index contributed by atoms with van der Waals surface area (Å²) >= 11 is 5.62.